The number of hydrogen-bond donors (Lipinski definition) is 0. The number of benzene rings is 1. The fraction of sp³-hybridized carbons (Fsp3) is 0.231. The van der Waals surface area contributed by atoms with Gasteiger partial charge in [0.1, 0.15) is 16.7 Å². The Kier molecular flexibility index (Phi) is 3.99. The van der Waals surface area contributed by atoms with E-state index >= 15 is 0 Å². The van der Waals surface area contributed by atoms with Crippen LogP contribution in [0, 0.1) is 0 Å². The first-order valence-electron chi connectivity index (χ1n) is 5.50. The zero-order chi connectivity index (χ0) is 13.0. The van der Waals surface area contributed by atoms with Crippen LogP contribution in [0.3, 0.4) is 0 Å². The third-order valence-corrected chi connectivity index (χ3v) is 2.72. The van der Waals surface area contributed by atoms with Crippen molar-refractivity contribution in [3.63, 3.8) is 0 Å². The van der Waals surface area contributed by atoms with E-state index in [-0.39, 0.29) is 0 Å². The van der Waals surface area contributed by atoms with Crippen molar-refractivity contribution in [1.29, 1.82) is 0 Å². The van der Waals surface area contributed by atoms with Gasteiger partial charge in [-0.05, 0) is 17.7 Å². The van der Waals surface area contributed by atoms with E-state index in [4.69, 9.17) is 16.3 Å². The molecule has 18 heavy (non-hydrogen) atoms. The summed E-state index contributed by atoms with van der Waals surface area (Å²) in [6.45, 7) is 0.715. The Hall–Kier alpha value is -1.81. The molecule has 2 aromatic rings. The molecule has 0 amide bonds. The first-order chi connectivity index (χ1) is 8.69. The molecule has 2 rings (SSSR count). The van der Waals surface area contributed by atoms with E-state index < -0.39 is 0 Å². The summed E-state index contributed by atoms with van der Waals surface area (Å²) >= 11 is 5.82. The van der Waals surface area contributed by atoms with Gasteiger partial charge in [-0.3, -0.25) is 4.98 Å². The lowest BCUT2D eigenvalue weighted by Gasteiger charge is -2.18. The van der Waals surface area contributed by atoms with Gasteiger partial charge in [-0.25, -0.2) is 4.98 Å². The molecule has 1 aromatic heterocycles. The summed E-state index contributed by atoms with van der Waals surface area (Å²) in [6.07, 6.45) is 3.20. The standard InChI is InChI=1S/C13H14ClN3O/c1-17(13-8-15-7-12(14)16-13)9-10-4-3-5-11(6-10)18-2/h3-8H,9H2,1-2H3. The van der Waals surface area contributed by atoms with Crippen molar-refractivity contribution in [2.45, 2.75) is 6.54 Å². The molecule has 0 radical (unpaired) electrons. The van der Waals surface area contributed by atoms with Crippen molar-refractivity contribution in [1.82, 2.24) is 9.97 Å². The molecule has 94 valence electrons. The first-order valence-corrected chi connectivity index (χ1v) is 5.88. The summed E-state index contributed by atoms with van der Waals surface area (Å²) in [5, 5.41) is 0.394. The highest BCUT2D eigenvalue weighted by atomic mass is 35.5. The van der Waals surface area contributed by atoms with Crippen LogP contribution in [0.1, 0.15) is 5.56 Å². The molecule has 0 saturated carbocycles. The van der Waals surface area contributed by atoms with E-state index in [1.54, 1.807) is 13.3 Å². The number of ether oxygens (including phenoxy) is 1. The maximum Gasteiger partial charge on any atom is 0.149 e. The highest BCUT2D eigenvalue weighted by Gasteiger charge is 2.05. The fourth-order valence-electron chi connectivity index (χ4n) is 1.64. The highest BCUT2D eigenvalue weighted by Crippen LogP contribution is 2.17. The van der Waals surface area contributed by atoms with Crippen LogP contribution in [0.2, 0.25) is 5.15 Å². The normalized spacial score (nSPS) is 10.2. The molecule has 0 bridgehead atoms. The predicted molar refractivity (Wildman–Crippen MR) is 72.1 cm³/mol. The van der Waals surface area contributed by atoms with Crippen molar-refractivity contribution in [2.75, 3.05) is 19.1 Å². The van der Waals surface area contributed by atoms with E-state index in [0.29, 0.717) is 11.7 Å². The number of rotatable bonds is 4. The van der Waals surface area contributed by atoms with E-state index in [1.165, 1.54) is 6.20 Å². The maximum absolute atomic E-state index is 5.82. The number of anilines is 1. The molecule has 0 aliphatic rings. The Bertz CT molecular complexity index is 533. The van der Waals surface area contributed by atoms with Crippen LogP contribution < -0.4 is 9.64 Å². The minimum absolute atomic E-state index is 0.394. The van der Waals surface area contributed by atoms with Crippen LogP contribution in [0.15, 0.2) is 36.7 Å². The lowest BCUT2D eigenvalue weighted by molar-refractivity contribution is 0.414. The molecule has 0 atom stereocenters. The van der Waals surface area contributed by atoms with Gasteiger partial charge >= 0.3 is 0 Å². The lowest BCUT2D eigenvalue weighted by Crippen LogP contribution is -2.17. The molecule has 1 aromatic carbocycles. The zero-order valence-electron chi connectivity index (χ0n) is 10.3. The Labute approximate surface area is 111 Å². The van der Waals surface area contributed by atoms with Gasteiger partial charge in [0, 0.05) is 13.6 Å². The first kappa shape index (κ1) is 12.6. The SMILES string of the molecule is COc1cccc(CN(C)c2cncc(Cl)n2)c1. The molecule has 0 saturated heterocycles. The van der Waals surface area contributed by atoms with E-state index in [0.717, 1.165) is 17.1 Å². The van der Waals surface area contributed by atoms with Crippen LogP contribution in [0.5, 0.6) is 5.75 Å². The quantitative estimate of drug-likeness (QED) is 0.850. The summed E-state index contributed by atoms with van der Waals surface area (Å²) in [7, 11) is 3.60. The van der Waals surface area contributed by atoms with Gasteiger partial charge in [-0.1, -0.05) is 23.7 Å². The highest BCUT2D eigenvalue weighted by molar-refractivity contribution is 6.29. The second-order valence-electron chi connectivity index (χ2n) is 3.91. The average molecular weight is 264 g/mol. The Morgan fingerprint density at radius 2 is 2.17 bits per heavy atom. The second-order valence-corrected chi connectivity index (χ2v) is 4.29. The Morgan fingerprint density at radius 3 is 2.89 bits per heavy atom. The minimum atomic E-state index is 0.394. The molecule has 4 nitrogen and oxygen atoms in total. The van der Waals surface area contributed by atoms with E-state index in [9.17, 15) is 0 Å². The molecule has 0 N–H and O–H groups in total. The minimum Gasteiger partial charge on any atom is -0.497 e. The summed E-state index contributed by atoms with van der Waals surface area (Å²) < 4.78 is 5.19. The summed E-state index contributed by atoms with van der Waals surface area (Å²) in [5.41, 5.74) is 1.14. The number of nitrogens with zero attached hydrogens (tertiary/aromatic N) is 3. The molecule has 5 heteroatoms. The maximum atomic E-state index is 5.82. The third kappa shape index (κ3) is 3.11. The Morgan fingerprint density at radius 1 is 1.33 bits per heavy atom. The van der Waals surface area contributed by atoms with Crippen molar-refractivity contribution in [2.24, 2.45) is 0 Å². The topological polar surface area (TPSA) is 38.2 Å². The monoisotopic (exact) mass is 263 g/mol. The molecule has 0 unspecified atom stereocenters. The number of methoxy groups -OCH3 is 1. The molecular formula is C13H14ClN3O. The molecule has 0 fully saturated rings. The molecule has 1 heterocycles. The van der Waals surface area contributed by atoms with Gasteiger partial charge in [0.25, 0.3) is 0 Å². The lowest BCUT2D eigenvalue weighted by atomic mass is 10.2. The van der Waals surface area contributed by atoms with Crippen LogP contribution in [0.4, 0.5) is 5.82 Å². The average Bonchev–Trinajstić information content (AvgIpc) is 2.39. The van der Waals surface area contributed by atoms with E-state index in [2.05, 4.69) is 9.97 Å². The number of hydrogen-bond acceptors (Lipinski definition) is 4. The van der Waals surface area contributed by atoms with Crippen LogP contribution in [0.25, 0.3) is 0 Å². The zero-order valence-corrected chi connectivity index (χ0v) is 11.1. The second kappa shape index (κ2) is 5.69. The Balaban J connectivity index is 2.13. The molecule has 0 aliphatic heterocycles. The van der Waals surface area contributed by atoms with Gasteiger partial charge in [-0.15, -0.1) is 0 Å². The predicted octanol–water partition coefficient (Wildman–Crippen LogP) is 2.78. The van der Waals surface area contributed by atoms with Crippen molar-refractivity contribution in [3.05, 3.63) is 47.4 Å². The van der Waals surface area contributed by atoms with Crippen LogP contribution >= 0.6 is 11.6 Å². The molecule has 0 aliphatic carbocycles. The fourth-order valence-corrected chi connectivity index (χ4v) is 1.79. The van der Waals surface area contributed by atoms with Crippen LogP contribution in [-0.4, -0.2) is 24.1 Å². The summed E-state index contributed by atoms with van der Waals surface area (Å²) in [4.78, 5) is 10.2. The van der Waals surface area contributed by atoms with Crippen molar-refractivity contribution < 1.29 is 4.74 Å². The van der Waals surface area contributed by atoms with E-state index in [1.807, 2.05) is 36.2 Å². The number of halogens is 1. The van der Waals surface area contributed by atoms with Gasteiger partial charge in [0.05, 0.1) is 19.5 Å². The summed E-state index contributed by atoms with van der Waals surface area (Å²) in [5.74, 6) is 1.59. The largest absolute Gasteiger partial charge is 0.497 e. The van der Waals surface area contributed by atoms with Gasteiger partial charge in [-0.2, -0.15) is 0 Å². The van der Waals surface area contributed by atoms with Gasteiger partial charge in [0.2, 0.25) is 0 Å². The summed E-state index contributed by atoms with van der Waals surface area (Å²) in [6, 6.07) is 7.92. The third-order valence-electron chi connectivity index (χ3n) is 2.54. The van der Waals surface area contributed by atoms with Crippen molar-refractivity contribution in [3.8, 4) is 5.75 Å². The molecule has 0 spiro atoms. The number of aromatic nitrogens is 2. The van der Waals surface area contributed by atoms with Gasteiger partial charge < -0.3 is 9.64 Å². The van der Waals surface area contributed by atoms with Gasteiger partial charge in [0.15, 0.2) is 0 Å². The van der Waals surface area contributed by atoms with Crippen LogP contribution in [-0.2, 0) is 6.54 Å². The molecular weight excluding hydrogens is 250 g/mol. The smallest absolute Gasteiger partial charge is 0.149 e. The van der Waals surface area contributed by atoms with Crippen molar-refractivity contribution >= 4 is 17.4 Å².